The zero-order chi connectivity index (χ0) is 13.4. The van der Waals surface area contributed by atoms with Crippen molar-refractivity contribution in [3.05, 3.63) is 48.6 Å². The lowest BCUT2D eigenvalue weighted by molar-refractivity contribution is -0.163. The molecule has 0 aromatic heterocycles. The summed E-state index contributed by atoms with van der Waals surface area (Å²) in [5.41, 5.74) is 0.708. The number of esters is 1. The molecule has 6 heteroatoms. The first-order valence-electron chi connectivity index (χ1n) is 5.30. The molecule has 0 bridgehead atoms. The van der Waals surface area contributed by atoms with Crippen LogP contribution in [0.25, 0.3) is 0 Å². The molecule has 0 saturated carbocycles. The van der Waals surface area contributed by atoms with Crippen LogP contribution in [-0.2, 0) is 22.8 Å². The number of carbonyl (C=O) groups is 1. The molecule has 1 aromatic rings. The average molecular weight is 268 g/mol. The van der Waals surface area contributed by atoms with E-state index in [0.29, 0.717) is 5.56 Å². The maximum Gasteiger partial charge on any atom is 0.486 e. The minimum absolute atomic E-state index is 0.566. The Labute approximate surface area is 108 Å². The van der Waals surface area contributed by atoms with E-state index >= 15 is 0 Å². The molecule has 0 aliphatic carbocycles. The van der Waals surface area contributed by atoms with Gasteiger partial charge in [0.1, 0.15) is 0 Å². The van der Waals surface area contributed by atoms with Crippen LogP contribution in [0.4, 0.5) is 0 Å². The fourth-order valence-electron chi connectivity index (χ4n) is 1.25. The molecule has 0 aliphatic rings. The van der Waals surface area contributed by atoms with Crippen LogP contribution in [0.1, 0.15) is 11.9 Å². The molecule has 1 rings (SSSR count). The number of carbonyl (C=O) groups excluding carboxylic acids is 1. The first kappa shape index (κ1) is 14.6. The van der Waals surface area contributed by atoms with Gasteiger partial charge in [-0.25, -0.2) is 4.79 Å². The van der Waals surface area contributed by atoms with Crippen molar-refractivity contribution in [2.24, 2.45) is 0 Å². The molecular formula is C12H16O5Si. The highest BCUT2D eigenvalue weighted by Crippen LogP contribution is 2.20. The summed E-state index contributed by atoms with van der Waals surface area (Å²) in [6, 6.07) is 9.08. The smallest absolute Gasteiger partial charge is 0.429 e. The molecule has 0 fully saturated rings. The quantitative estimate of drug-likeness (QED) is 0.324. The van der Waals surface area contributed by atoms with Gasteiger partial charge in [-0.1, -0.05) is 36.9 Å². The number of ether oxygens (including phenoxy) is 1. The standard InChI is InChI=1S/C12H16O5Si/c1-4-11(13)16-12(17-18(14-2)15-3)10-8-6-5-7-9-10/h4-9,12,18H,1H2,2-3H3. The third-order valence-electron chi connectivity index (χ3n) is 2.08. The van der Waals surface area contributed by atoms with Crippen molar-refractivity contribution in [2.45, 2.75) is 6.29 Å². The lowest BCUT2D eigenvalue weighted by atomic mass is 10.2. The van der Waals surface area contributed by atoms with Crippen molar-refractivity contribution in [3.63, 3.8) is 0 Å². The lowest BCUT2D eigenvalue weighted by Crippen LogP contribution is -2.28. The van der Waals surface area contributed by atoms with Crippen LogP contribution in [0, 0.1) is 0 Å². The molecule has 1 aromatic carbocycles. The SMILES string of the molecule is C=CC(=O)OC(O[SiH](OC)OC)c1ccccc1. The van der Waals surface area contributed by atoms with Gasteiger partial charge < -0.3 is 18.0 Å². The van der Waals surface area contributed by atoms with Crippen LogP contribution in [-0.4, -0.2) is 29.7 Å². The van der Waals surface area contributed by atoms with Gasteiger partial charge in [0.15, 0.2) is 0 Å². The van der Waals surface area contributed by atoms with Crippen molar-refractivity contribution in [3.8, 4) is 0 Å². The molecule has 0 N–H and O–H groups in total. The summed E-state index contributed by atoms with van der Waals surface area (Å²) in [4.78, 5) is 11.3. The normalized spacial score (nSPS) is 12.2. The van der Waals surface area contributed by atoms with Crippen molar-refractivity contribution in [1.82, 2.24) is 0 Å². The summed E-state index contributed by atoms with van der Waals surface area (Å²) in [5, 5.41) is 0. The summed E-state index contributed by atoms with van der Waals surface area (Å²) in [7, 11) is 0.667. The van der Waals surface area contributed by atoms with Crippen LogP contribution in [0.3, 0.4) is 0 Å². The van der Waals surface area contributed by atoms with E-state index in [1.165, 1.54) is 14.2 Å². The van der Waals surface area contributed by atoms with Gasteiger partial charge in [0.2, 0.25) is 6.29 Å². The van der Waals surface area contributed by atoms with E-state index in [2.05, 4.69) is 6.58 Å². The zero-order valence-corrected chi connectivity index (χ0v) is 11.5. The highest BCUT2D eigenvalue weighted by atomic mass is 28.3. The van der Waals surface area contributed by atoms with Crippen molar-refractivity contribution in [1.29, 1.82) is 0 Å². The second-order valence-corrected chi connectivity index (χ2v) is 5.07. The lowest BCUT2D eigenvalue weighted by Gasteiger charge is -2.21. The Morgan fingerprint density at radius 2 is 1.89 bits per heavy atom. The van der Waals surface area contributed by atoms with Gasteiger partial charge in [-0.2, -0.15) is 0 Å². The van der Waals surface area contributed by atoms with Crippen LogP contribution in [0.15, 0.2) is 43.0 Å². The molecular weight excluding hydrogens is 252 g/mol. The fourth-order valence-corrected chi connectivity index (χ4v) is 2.08. The minimum Gasteiger partial charge on any atom is -0.429 e. The van der Waals surface area contributed by atoms with E-state index in [9.17, 15) is 4.79 Å². The van der Waals surface area contributed by atoms with Gasteiger partial charge in [0.05, 0.1) is 0 Å². The van der Waals surface area contributed by atoms with E-state index in [-0.39, 0.29) is 0 Å². The number of hydrogen-bond donors (Lipinski definition) is 0. The Morgan fingerprint density at radius 3 is 2.39 bits per heavy atom. The van der Waals surface area contributed by atoms with Gasteiger partial charge in [-0.05, 0) is 0 Å². The number of hydrogen-bond acceptors (Lipinski definition) is 5. The monoisotopic (exact) mass is 268 g/mol. The second kappa shape index (κ2) is 7.78. The largest absolute Gasteiger partial charge is 0.486 e. The van der Waals surface area contributed by atoms with E-state index in [1.807, 2.05) is 18.2 Å². The predicted octanol–water partition coefficient (Wildman–Crippen LogP) is 1.44. The Morgan fingerprint density at radius 1 is 1.28 bits per heavy atom. The summed E-state index contributed by atoms with van der Waals surface area (Å²) in [6.07, 6.45) is 0.225. The van der Waals surface area contributed by atoms with Gasteiger partial charge >= 0.3 is 15.5 Å². The molecule has 0 heterocycles. The first-order chi connectivity index (χ1) is 8.71. The third kappa shape index (κ3) is 4.42. The first-order valence-corrected chi connectivity index (χ1v) is 6.71. The number of benzene rings is 1. The van der Waals surface area contributed by atoms with Crippen molar-refractivity contribution in [2.75, 3.05) is 14.2 Å². The van der Waals surface area contributed by atoms with E-state index in [0.717, 1.165) is 6.08 Å². The van der Waals surface area contributed by atoms with Crippen LogP contribution in [0.2, 0.25) is 0 Å². The molecule has 5 nitrogen and oxygen atoms in total. The summed E-state index contributed by atoms with van der Waals surface area (Å²) < 4.78 is 20.7. The van der Waals surface area contributed by atoms with E-state index < -0.39 is 21.8 Å². The molecule has 1 unspecified atom stereocenters. The Kier molecular flexibility index (Phi) is 6.30. The highest BCUT2D eigenvalue weighted by molar-refractivity contribution is 6.36. The zero-order valence-electron chi connectivity index (χ0n) is 10.4. The molecule has 0 spiro atoms. The maximum absolute atomic E-state index is 11.3. The summed E-state index contributed by atoms with van der Waals surface area (Å²) in [5.74, 6) is -0.566. The molecule has 98 valence electrons. The molecule has 1 atom stereocenters. The topological polar surface area (TPSA) is 54.0 Å². The predicted molar refractivity (Wildman–Crippen MR) is 67.7 cm³/mol. The van der Waals surface area contributed by atoms with Crippen molar-refractivity contribution < 1.29 is 22.8 Å². The molecule has 0 saturated heterocycles. The minimum atomic E-state index is -2.30. The van der Waals surface area contributed by atoms with Gasteiger partial charge in [-0.15, -0.1) is 0 Å². The Balaban J connectivity index is 2.81. The van der Waals surface area contributed by atoms with Gasteiger partial charge in [0.25, 0.3) is 0 Å². The van der Waals surface area contributed by atoms with Crippen LogP contribution < -0.4 is 0 Å². The molecule has 0 amide bonds. The van der Waals surface area contributed by atoms with Crippen molar-refractivity contribution >= 4 is 15.5 Å². The molecule has 18 heavy (non-hydrogen) atoms. The fraction of sp³-hybridized carbons (Fsp3) is 0.250. The molecule has 0 radical (unpaired) electrons. The molecule has 0 aliphatic heterocycles. The van der Waals surface area contributed by atoms with E-state index in [1.54, 1.807) is 12.1 Å². The van der Waals surface area contributed by atoms with Gasteiger partial charge in [-0.3, -0.25) is 0 Å². The third-order valence-corrected chi connectivity index (χ3v) is 3.32. The Hall–Kier alpha value is -1.47. The average Bonchev–Trinajstić information content (AvgIpc) is 2.44. The van der Waals surface area contributed by atoms with Gasteiger partial charge in [0, 0.05) is 25.9 Å². The summed E-state index contributed by atoms with van der Waals surface area (Å²) in [6.45, 7) is 3.35. The second-order valence-electron chi connectivity index (χ2n) is 3.28. The Bertz CT molecular complexity index is 377. The number of rotatable bonds is 7. The highest BCUT2D eigenvalue weighted by Gasteiger charge is 2.23. The van der Waals surface area contributed by atoms with Crippen LogP contribution in [0.5, 0.6) is 0 Å². The summed E-state index contributed by atoms with van der Waals surface area (Å²) >= 11 is 0. The van der Waals surface area contributed by atoms with Crippen LogP contribution >= 0.6 is 0 Å². The van der Waals surface area contributed by atoms with E-state index in [4.69, 9.17) is 18.0 Å². The maximum atomic E-state index is 11.3.